The van der Waals surface area contributed by atoms with E-state index in [9.17, 15) is 0 Å². The topological polar surface area (TPSA) is 59.1 Å². The highest BCUT2D eigenvalue weighted by Gasteiger charge is 2.06. The summed E-state index contributed by atoms with van der Waals surface area (Å²) >= 11 is 5.19. The van der Waals surface area contributed by atoms with Crippen molar-refractivity contribution >= 4 is 24.5 Å². The second-order valence-corrected chi connectivity index (χ2v) is 4.56. The maximum absolute atomic E-state index is 5.19. The fraction of sp³-hybridized carbons (Fsp3) is 0. The number of allylic oxidation sites excluding steroid dienone is 1. The second-order valence-electron chi connectivity index (χ2n) is 4.17. The zero-order chi connectivity index (χ0) is 14.5. The molecule has 5 nitrogen and oxygen atoms in total. The summed E-state index contributed by atoms with van der Waals surface area (Å²) in [6, 6.07) is 13.4. The molecule has 2 aromatic heterocycles. The summed E-state index contributed by atoms with van der Waals surface area (Å²) in [5.74, 6) is 1.43. The third-order valence-corrected chi connectivity index (χ3v) is 3.02. The molecule has 0 saturated carbocycles. The maximum Gasteiger partial charge on any atom is 0.216 e. The number of benzene rings is 1. The van der Waals surface area contributed by atoms with Gasteiger partial charge in [0.25, 0.3) is 0 Å². The van der Waals surface area contributed by atoms with E-state index in [1.54, 1.807) is 23.2 Å². The van der Waals surface area contributed by atoms with Crippen molar-refractivity contribution in [2.24, 2.45) is 5.10 Å². The van der Waals surface area contributed by atoms with E-state index >= 15 is 0 Å². The third-order valence-electron chi connectivity index (χ3n) is 2.75. The van der Waals surface area contributed by atoms with E-state index < -0.39 is 0 Å². The molecule has 0 unspecified atom stereocenters. The van der Waals surface area contributed by atoms with Crippen molar-refractivity contribution in [3.63, 3.8) is 0 Å². The summed E-state index contributed by atoms with van der Waals surface area (Å²) in [6.07, 6.45) is 6.86. The number of furan rings is 1. The summed E-state index contributed by atoms with van der Waals surface area (Å²) in [4.78, 5) is 0. The average molecular weight is 296 g/mol. The van der Waals surface area contributed by atoms with Gasteiger partial charge >= 0.3 is 0 Å². The Morgan fingerprint density at radius 2 is 2.05 bits per heavy atom. The number of aromatic nitrogens is 3. The minimum absolute atomic E-state index is 0.441. The van der Waals surface area contributed by atoms with E-state index in [2.05, 4.69) is 15.3 Å². The first-order valence-electron chi connectivity index (χ1n) is 6.32. The lowest BCUT2D eigenvalue weighted by molar-refractivity contribution is 0.557. The number of rotatable bonds is 4. The molecule has 0 saturated heterocycles. The summed E-state index contributed by atoms with van der Waals surface area (Å²) in [6.45, 7) is 0. The normalized spacial score (nSPS) is 11.6. The SMILES string of the molecule is S=c1[nH]nc(-c2ccccc2)n1N=C/C=C\c1ccco1. The Hall–Kier alpha value is -2.73. The number of hydrogen-bond acceptors (Lipinski definition) is 4. The molecule has 0 bridgehead atoms. The largest absolute Gasteiger partial charge is 0.465 e. The van der Waals surface area contributed by atoms with Crippen molar-refractivity contribution in [1.82, 2.24) is 14.9 Å². The third kappa shape index (κ3) is 3.06. The quantitative estimate of drug-likeness (QED) is 0.589. The van der Waals surface area contributed by atoms with E-state index in [0.29, 0.717) is 10.6 Å². The van der Waals surface area contributed by atoms with Crippen LogP contribution in [0.2, 0.25) is 0 Å². The van der Waals surface area contributed by atoms with Gasteiger partial charge in [-0.05, 0) is 36.5 Å². The highest BCUT2D eigenvalue weighted by Crippen LogP contribution is 2.16. The highest BCUT2D eigenvalue weighted by atomic mass is 32.1. The van der Waals surface area contributed by atoms with Gasteiger partial charge in [0.15, 0.2) is 5.82 Å². The smallest absolute Gasteiger partial charge is 0.216 e. The van der Waals surface area contributed by atoms with E-state index in [1.165, 1.54) is 0 Å². The molecular weight excluding hydrogens is 284 g/mol. The van der Waals surface area contributed by atoms with Crippen LogP contribution >= 0.6 is 12.2 Å². The Morgan fingerprint density at radius 1 is 1.19 bits per heavy atom. The summed E-state index contributed by atoms with van der Waals surface area (Å²) in [5, 5.41) is 11.3. The van der Waals surface area contributed by atoms with Crippen LogP contribution in [0.1, 0.15) is 5.76 Å². The molecule has 0 fully saturated rings. The number of H-pyrrole nitrogens is 1. The lowest BCUT2D eigenvalue weighted by atomic mass is 10.2. The van der Waals surface area contributed by atoms with Crippen LogP contribution in [0, 0.1) is 4.77 Å². The van der Waals surface area contributed by atoms with E-state index in [-0.39, 0.29) is 0 Å². The van der Waals surface area contributed by atoms with Gasteiger partial charge in [-0.2, -0.15) is 14.9 Å². The van der Waals surface area contributed by atoms with Gasteiger partial charge < -0.3 is 4.42 Å². The zero-order valence-electron chi connectivity index (χ0n) is 11.0. The first-order chi connectivity index (χ1) is 10.3. The van der Waals surface area contributed by atoms with E-state index in [1.807, 2.05) is 48.5 Å². The van der Waals surface area contributed by atoms with Crippen LogP contribution in [-0.2, 0) is 0 Å². The van der Waals surface area contributed by atoms with Gasteiger partial charge in [0.2, 0.25) is 4.77 Å². The van der Waals surface area contributed by atoms with Crippen LogP contribution in [0.25, 0.3) is 17.5 Å². The van der Waals surface area contributed by atoms with Gasteiger partial charge in [0, 0.05) is 11.8 Å². The molecular formula is C15H12N4OS. The molecule has 0 atom stereocenters. The summed E-state index contributed by atoms with van der Waals surface area (Å²) in [5.41, 5.74) is 0.942. The number of nitrogens with zero attached hydrogens (tertiary/aromatic N) is 3. The molecule has 6 heteroatoms. The van der Waals surface area contributed by atoms with E-state index in [0.717, 1.165) is 11.3 Å². The Balaban J connectivity index is 1.86. The molecule has 2 heterocycles. The van der Waals surface area contributed by atoms with Crippen molar-refractivity contribution in [1.29, 1.82) is 0 Å². The summed E-state index contributed by atoms with van der Waals surface area (Å²) < 4.78 is 7.21. The van der Waals surface area contributed by atoms with Gasteiger partial charge in [0.1, 0.15) is 5.76 Å². The number of hydrogen-bond donors (Lipinski definition) is 1. The van der Waals surface area contributed by atoms with Gasteiger partial charge in [-0.1, -0.05) is 30.3 Å². The first kappa shape index (κ1) is 13.3. The molecule has 3 rings (SSSR count). The molecule has 3 aromatic rings. The van der Waals surface area contributed by atoms with Crippen LogP contribution in [0.3, 0.4) is 0 Å². The predicted octanol–water partition coefficient (Wildman–Crippen LogP) is 3.75. The van der Waals surface area contributed by atoms with Gasteiger partial charge in [-0.25, -0.2) is 5.10 Å². The van der Waals surface area contributed by atoms with Crippen molar-refractivity contribution in [3.05, 3.63) is 65.3 Å². The minimum atomic E-state index is 0.441. The zero-order valence-corrected chi connectivity index (χ0v) is 11.8. The molecule has 104 valence electrons. The molecule has 0 amide bonds. The lowest BCUT2D eigenvalue weighted by Gasteiger charge is -1.99. The molecule has 0 aliphatic rings. The predicted molar refractivity (Wildman–Crippen MR) is 84.5 cm³/mol. The minimum Gasteiger partial charge on any atom is -0.465 e. The van der Waals surface area contributed by atoms with Gasteiger partial charge in [-0.3, -0.25) is 0 Å². The van der Waals surface area contributed by atoms with Crippen LogP contribution in [-0.4, -0.2) is 21.1 Å². The molecule has 1 N–H and O–H groups in total. The molecule has 1 aromatic carbocycles. The van der Waals surface area contributed by atoms with Crippen LogP contribution in [0.15, 0.2) is 64.3 Å². The van der Waals surface area contributed by atoms with E-state index in [4.69, 9.17) is 16.6 Å². The lowest BCUT2D eigenvalue weighted by Crippen LogP contribution is -1.93. The number of nitrogens with one attached hydrogen (secondary N) is 1. The number of aromatic amines is 1. The maximum atomic E-state index is 5.19. The van der Waals surface area contributed by atoms with Crippen molar-refractivity contribution in [2.75, 3.05) is 0 Å². The summed E-state index contributed by atoms with van der Waals surface area (Å²) in [7, 11) is 0. The average Bonchev–Trinajstić information content (AvgIpc) is 3.15. The van der Waals surface area contributed by atoms with Crippen molar-refractivity contribution in [2.45, 2.75) is 0 Å². The second kappa shape index (κ2) is 6.15. The van der Waals surface area contributed by atoms with Crippen LogP contribution in [0.5, 0.6) is 0 Å². The Kier molecular flexibility index (Phi) is 3.88. The van der Waals surface area contributed by atoms with Crippen LogP contribution < -0.4 is 0 Å². The Labute approximate surface area is 126 Å². The molecule has 21 heavy (non-hydrogen) atoms. The fourth-order valence-electron chi connectivity index (χ4n) is 1.80. The Bertz CT molecular complexity index is 813. The molecule has 0 aliphatic carbocycles. The Morgan fingerprint density at radius 3 is 2.81 bits per heavy atom. The van der Waals surface area contributed by atoms with Gasteiger partial charge in [0.05, 0.1) is 6.26 Å². The monoisotopic (exact) mass is 296 g/mol. The molecule has 0 spiro atoms. The van der Waals surface area contributed by atoms with Gasteiger partial charge in [-0.15, -0.1) is 0 Å². The standard InChI is InChI=1S/C15H12N4OS/c21-15-18-17-14(12-6-2-1-3-7-12)19(15)16-10-4-8-13-9-5-11-20-13/h1-11H,(H,18,21)/b8-4-,16-10?. The molecule has 0 radical (unpaired) electrons. The fourth-order valence-corrected chi connectivity index (χ4v) is 1.98. The molecule has 0 aliphatic heterocycles. The van der Waals surface area contributed by atoms with Crippen molar-refractivity contribution in [3.8, 4) is 11.4 Å². The van der Waals surface area contributed by atoms with Crippen molar-refractivity contribution < 1.29 is 4.42 Å². The highest BCUT2D eigenvalue weighted by molar-refractivity contribution is 7.71. The first-order valence-corrected chi connectivity index (χ1v) is 6.73. The van der Waals surface area contributed by atoms with Crippen LogP contribution in [0.4, 0.5) is 0 Å².